The van der Waals surface area contributed by atoms with Crippen molar-refractivity contribution in [2.75, 3.05) is 0 Å². The zero-order valence-electron chi connectivity index (χ0n) is 7.70. The van der Waals surface area contributed by atoms with Crippen molar-refractivity contribution in [1.82, 2.24) is 0 Å². The summed E-state index contributed by atoms with van der Waals surface area (Å²) in [5.74, 6) is -1.28. The van der Waals surface area contributed by atoms with Crippen LogP contribution in [0.1, 0.15) is 11.1 Å². The third-order valence-electron chi connectivity index (χ3n) is 1.76. The van der Waals surface area contributed by atoms with Gasteiger partial charge in [0.05, 0.1) is 11.7 Å². The number of benzene rings is 1. The summed E-state index contributed by atoms with van der Waals surface area (Å²) in [7, 11) is -4.49. The van der Waals surface area contributed by atoms with Crippen LogP contribution in [0, 0.1) is 5.82 Å². The Balaban J connectivity index is 3.06. The van der Waals surface area contributed by atoms with Gasteiger partial charge in [-0.3, -0.25) is 4.57 Å². The van der Waals surface area contributed by atoms with E-state index in [2.05, 4.69) is 0 Å². The van der Waals surface area contributed by atoms with Crippen molar-refractivity contribution in [3.05, 3.63) is 35.1 Å². The van der Waals surface area contributed by atoms with E-state index in [1.165, 1.54) is 0 Å². The zero-order valence-corrected chi connectivity index (χ0v) is 8.60. The molecule has 90 valence electrons. The van der Waals surface area contributed by atoms with Crippen LogP contribution in [0.3, 0.4) is 0 Å². The number of halogens is 4. The van der Waals surface area contributed by atoms with Crippen molar-refractivity contribution in [2.24, 2.45) is 0 Å². The minimum Gasteiger partial charge on any atom is -0.324 e. The van der Waals surface area contributed by atoms with Crippen molar-refractivity contribution in [2.45, 2.75) is 12.3 Å². The lowest BCUT2D eigenvalue weighted by atomic mass is 10.1. The Morgan fingerprint density at radius 1 is 1.25 bits per heavy atom. The standard InChI is InChI=1S/C8H7F4O3P/c9-7-3-6(8(10,11)12)2-1-5(7)4-16(13,14)15/h1-3H,4H2,(H2,13,14,15). The molecule has 1 rings (SSSR count). The first-order valence-electron chi connectivity index (χ1n) is 4.00. The second-order valence-electron chi connectivity index (χ2n) is 3.13. The Kier molecular flexibility index (Phi) is 3.42. The fourth-order valence-corrected chi connectivity index (χ4v) is 1.77. The maximum absolute atomic E-state index is 13.1. The molecule has 1 aromatic rings. The first kappa shape index (κ1) is 13.2. The smallest absolute Gasteiger partial charge is 0.324 e. The van der Waals surface area contributed by atoms with E-state index in [9.17, 15) is 22.1 Å². The summed E-state index contributed by atoms with van der Waals surface area (Å²) in [5, 5.41) is 0. The predicted molar refractivity (Wildman–Crippen MR) is 47.2 cm³/mol. The Morgan fingerprint density at radius 2 is 1.81 bits per heavy atom. The average molecular weight is 258 g/mol. The molecular weight excluding hydrogens is 251 g/mol. The molecule has 3 nitrogen and oxygen atoms in total. The van der Waals surface area contributed by atoms with Crippen LogP contribution in [0.15, 0.2) is 18.2 Å². The highest BCUT2D eigenvalue weighted by Crippen LogP contribution is 2.40. The van der Waals surface area contributed by atoms with Crippen LogP contribution in [-0.4, -0.2) is 9.79 Å². The summed E-state index contributed by atoms with van der Waals surface area (Å²) in [6.07, 6.45) is -5.60. The Labute approximate surface area is 87.9 Å². The van der Waals surface area contributed by atoms with Crippen molar-refractivity contribution < 1.29 is 31.9 Å². The molecule has 0 unspecified atom stereocenters. The van der Waals surface area contributed by atoms with Crippen LogP contribution in [0.25, 0.3) is 0 Å². The van der Waals surface area contributed by atoms with Crippen molar-refractivity contribution in [3.63, 3.8) is 0 Å². The van der Waals surface area contributed by atoms with Gasteiger partial charge in [-0.2, -0.15) is 13.2 Å². The van der Waals surface area contributed by atoms with E-state index in [0.29, 0.717) is 6.07 Å². The Hall–Kier alpha value is -0.910. The van der Waals surface area contributed by atoms with Gasteiger partial charge in [-0.1, -0.05) is 6.07 Å². The van der Waals surface area contributed by atoms with Gasteiger partial charge < -0.3 is 9.79 Å². The summed E-state index contributed by atoms with van der Waals surface area (Å²) in [4.78, 5) is 17.1. The summed E-state index contributed by atoms with van der Waals surface area (Å²) < 4.78 is 60.0. The molecule has 8 heteroatoms. The van der Waals surface area contributed by atoms with Crippen molar-refractivity contribution in [1.29, 1.82) is 0 Å². The lowest BCUT2D eigenvalue weighted by Gasteiger charge is -2.09. The minimum atomic E-state index is -4.68. The summed E-state index contributed by atoms with van der Waals surface area (Å²) in [6.45, 7) is 0. The molecule has 0 aromatic heterocycles. The molecule has 0 spiro atoms. The first-order chi connectivity index (χ1) is 7.09. The summed E-state index contributed by atoms with van der Waals surface area (Å²) in [5.41, 5.74) is -1.64. The van der Waals surface area contributed by atoms with Crippen LogP contribution in [-0.2, 0) is 16.9 Å². The van der Waals surface area contributed by atoms with Crippen molar-refractivity contribution >= 4 is 7.60 Å². The molecule has 0 radical (unpaired) electrons. The highest BCUT2D eigenvalue weighted by molar-refractivity contribution is 7.50. The van der Waals surface area contributed by atoms with Gasteiger partial charge in [0.15, 0.2) is 0 Å². The molecule has 0 atom stereocenters. The van der Waals surface area contributed by atoms with E-state index in [4.69, 9.17) is 9.79 Å². The lowest BCUT2D eigenvalue weighted by Crippen LogP contribution is -2.06. The van der Waals surface area contributed by atoms with Gasteiger partial charge in [0.2, 0.25) is 0 Å². The molecule has 0 aliphatic heterocycles. The van der Waals surface area contributed by atoms with Crippen LogP contribution in [0.2, 0.25) is 0 Å². The molecule has 0 bridgehead atoms. The van der Waals surface area contributed by atoms with Crippen LogP contribution in [0.4, 0.5) is 17.6 Å². The van der Waals surface area contributed by atoms with E-state index in [1.807, 2.05) is 0 Å². The number of alkyl halides is 3. The number of hydrogen-bond acceptors (Lipinski definition) is 1. The van der Waals surface area contributed by atoms with E-state index in [-0.39, 0.29) is 6.07 Å². The first-order valence-corrected chi connectivity index (χ1v) is 5.79. The monoisotopic (exact) mass is 258 g/mol. The van der Waals surface area contributed by atoms with E-state index in [0.717, 1.165) is 6.07 Å². The van der Waals surface area contributed by atoms with Gasteiger partial charge in [-0.15, -0.1) is 0 Å². The van der Waals surface area contributed by atoms with Gasteiger partial charge in [0.1, 0.15) is 5.82 Å². The Bertz CT molecular complexity index is 437. The molecule has 0 aliphatic carbocycles. The van der Waals surface area contributed by atoms with Crippen LogP contribution in [0.5, 0.6) is 0 Å². The second-order valence-corrected chi connectivity index (χ2v) is 4.77. The predicted octanol–water partition coefficient (Wildman–Crippen LogP) is 2.52. The number of rotatable bonds is 2. The van der Waals surface area contributed by atoms with E-state index >= 15 is 0 Å². The third-order valence-corrected chi connectivity index (χ3v) is 2.51. The van der Waals surface area contributed by atoms with Gasteiger partial charge in [-0.05, 0) is 17.7 Å². The SMILES string of the molecule is O=P(O)(O)Cc1ccc(C(F)(F)F)cc1F. The second kappa shape index (κ2) is 4.16. The van der Waals surface area contributed by atoms with Gasteiger partial charge in [0, 0.05) is 0 Å². The highest BCUT2D eigenvalue weighted by atomic mass is 31.2. The molecule has 0 heterocycles. The van der Waals surface area contributed by atoms with Gasteiger partial charge in [0.25, 0.3) is 0 Å². The molecule has 0 aliphatic rings. The largest absolute Gasteiger partial charge is 0.416 e. The molecule has 0 saturated heterocycles. The molecule has 2 N–H and O–H groups in total. The molecule has 0 fully saturated rings. The topological polar surface area (TPSA) is 57.5 Å². The summed E-state index contributed by atoms with van der Waals surface area (Å²) >= 11 is 0. The summed E-state index contributed by atoms with van der Waals surface area (Å²) in [6, 6.07) is 1.51. The van der Waals surface area contributed by atoms with Gasteiger partial charge >= 0.3 is 13.8 Å². The lowest BCUT2D eigenvalue weighted by molar-refractivity contribution is -0.137. The minimum absolute atomic E-state index is 0.213. The molecule has 16 heavy (non-hydrogen) atoms. The fourth-order valence-electron chi connectivity index (χ4n) is 1.07. The fraction of sp³-hybridized carbons (Fsp3) is 0.250. The normalized spacial score (nSPS) is 12.9. The zero-order chi connectivity index (χ0) is 12.6. The molecule has 0 saturated carbocycles. The molecular formula is C8H7F4O3P. The maximum atomic E-state index is 13.1. The van der Waals surface area contributed by atoms with Crippen molar-refractivity contribution in [3.8, 4) is 0 Å². The Morgan fingerprint density at radius 3 is 2.19 bits per heavy atom. The third kappa shape index (κ3) is 3.59. The number of hydrogen-bond donors (Lipinski definition) is 2. The van der Waals surface area contributed by atoms with Gasteiger partial charge in [-0.25, -0.2) is 4.39 Å². The van der Waals surface area contributed by atoms with E-state index in [1.54, 1.807) is 0 Å². The van der Waals surface area contributed by atoms with E-state index < -0.39 is 36.9 Å². The maximum Gasteiger partial charge on any atom is 0.416 e. The van der Waals surface area contributed by atoms with Crippen LogP contribution >= 0.6 is 7.60 Å². The highest BCUT2D eigenvalue weighted by Gasteiger charge is 2.31. The quantitative estimate of drug-likeness (QED) is 0.633. The molecule has 0 amide bonds. The molecule has 1 aromatic carbocycles. The van der Waals surface area contributed by atoms with Crippen LogP contribution < -0.4 is 0 Å². The average Bonchev–Trinajstić information content (AvgIpc) is 2.04.